The largest absolute Gasteiger partial charge is 0.343 e. The minimum atomic E-state index is -0.363. The summed E-state index contributed by atoms with van der Waals surface area (Å²) in [7, 11) is 1.76. The van der Waals surface area contributed by atoms with Gasteiger partial charge in [-0.25, -0.2) is 4.98 Å². The van der Waals surface area contributed by atoms with Gasteiger partial charge in [0, 0.05) is 31.8 Å². The van der Waals surface area contributed by atoms with Crippen LogP contribution in [-0.4, -0.2) is 40.6 Å². The maximum absolute atomic E-state index is 12.5. The Labute approximate surface area is 146 Å². The summed E-state index contributed by atoms with van der Waals surface area (Å²) >= 11 is 1.21. The van der Waals surface area contributed by atoms with Crippen molar-refractivity contribution in [2.75, 3.05) is 12.4 Å². The molecule has 2 unspecified atom stereocenters. The number of anilines is 1. The van der Waals surface area contributed by atoms with Crippen molar-refractivity contribution in [2.45, 2.75) is 53.0 Å². The highest BCUT2D eigenvalue weighted by molar-refractivity contribution is 7.17. The van der Waals surface area contributed by atoms with Crippen molar-refractivity contribution >= 4 is 34.1 Å². The standard InChI is InChI=1S/C17H25N3O3S/c1-6-10(4)15(22)19-17-18-12-7-11(8-13(21)14(12)24-17)16(23)20(5)9(2)3/h9-11H,6-8H2,1-5H3,(H,18,19,22). The molecule has 2 amide bonds. The lowest BCUT2D eigenvalue weighted by molar-refractivity contribution is -0.135. The Morgan fingerprint density at radius 1 is 1.33 bits per heavy atom. The first-order valence-corrected chi connectivity index (χ1v) is 9.16. The first-order chi connectivity index (χ1) is 11.2. The molecule has 1 heterocycles. The molecule has 1 aromatic rings. The third-order valence-electron chi connectivity index (χ3n) is 4.58. The molecule has 24 heavy (non-hydrogen) atoms. The van der Waals surface area contributed by atoms with Crippen LogP contribution in [0, 0.1) is 11.8 Å². The number of rotatable bonds is 5. The molecular weight excluding hydrogens is 326 g/mol. The molecule has 1 aliphatic rings. The molecule has 0 bridgehead atoms. The van der Waals surface area contributed by atoms with E-state index < -0.39 is 0 Å². The van der Waals surface area contributed by atoms with Crippen LogP contribution < -0.4 is 5.32 Å². The molecule has 1 aromatic heterocycles. The van der Waals surface area contributed by atoms with E-state index in [0.29, 0.717) is 22.1 Å². The zero-order valence-corrected chi connectivity index (χ0v) is 15.7. The van der Waals surface area contributed by atoms with E-state index in [4.69, 9.17) is 0 Å². The number of hydrogen-bond donors (Lipinski definition) is 1. The van der Waals surface area contributed by atoms with Gasteiger partial charge in [0.15, 0.2) is 10.9 Å². The number of carbonyl (C=O) groups excluding carboxylic acids is 3. The number of carbonyl (C=O) groups is 3. The topological polar surface area (TPSA) is 79.4 Å². The van der Waals surface area contributed by atoms with E-state index in [9.17, 15) is 14.4 Å². The Balaban J connectivity index is 2.15. The van der Waals surface area contributed by atoms with Gasteiger partial charge in [-0.1, -0.05) is 25.2 Å². The van der Waals surface area contributed by atoms with E-state index in [2.05, 4.69) is 10.3 Å². The number of nitrogens with one attached hydrogen (secondary N) is 1. The van der Waals surface area contributed by atoms with Crippen LogP contribution in [0.5, 0.6) is 0 Å². The highest BCUT2D eigenvalue weighted by Crippen LogP contribution is 2.33. The van der Waals surface area contributed by atoms with Crippen molar-refractivity contribution in [1.29, 1.82) is 0 Å². The highest BCUT2D eigenvalue weighted by Gasteiger charge is 2.35. The van der Waals surface area contributed by atoms with Gasteiger partial charge in [-0.05, 0) is 20.3 Å². The van der Waals surface area contributed by atoms with E-state index >= 15 is 0 Å². The van der Waals surface area contributed by atoms with Crippen molar-refractivity contribution in [3.8, 4) is 0 Å². The SMILES string of the molecule is CCC(C)C(=O)Nc1nc2c(s1)C(=O)CC(C(=O)N(C)C(C)C)C2. The van der Waals surface area contributed by atoms with Crippen molar-refractivity contribution in [1.82, 2.24) is 9.88 Å². The molecule has 0 aliphatic heterocycles. The zero-order chi connectivity index (χ0) is 18.0. The van der Waals surface area contributed by atoms with Crippen molar-refractivity contribution in [2.24, 2.45) is 11.8 Å². The van der Waals surface area contributed by atoms with Crippen LogP contribution in [0.15, 0.2) is 0 Å². The summed E-state index contributed by atoms with van der Waals surface area (Å²) in [4.78, 5) is 43.5. The predicted molar refractivity (Wildman–Crippen MR) is 94.2 cm³/mol. The molecular formula is C17H25N3O3S. The molecule has 0 radical (unpaired) electrons. The van der Waals surface area contributed by atoms with Crippen molar-refractivity contribution < 1.29 is 14.4 Å². The fourth-order valence-electron chi connectivity index (χ4n) is 2.51. The number of amides is 2. The average molecular weight is 351 g/mol. The minimum absolute atomic E-state index is 0.0257. The van der Waals surface area contributed by atoms with Gasteiger partial charge in [-0.3, -0.25) is 14.4 Å². The first-order valence-electron chi connectivity index (χ1n) is 8.35. The van der Waals surface area contributed by atoms with Gasteiger partial charge in [-0.15, -0.1) is 0 Å². The molecule has 1 aliphatic carbocycles. The molecule has 2 atom stereocenters. The van der Waals surface area contributed by atoms with Crippen molar-refractivity contribution in [3.05, 3.63) is 10.6 Å². The zero-order valence-electron chi connectivity index (χ0n) is 14.9. The Kier molecular flexibility index (Phi) is 5.74. The smallest absolute Gasteiger partial charge is 0.228 e. The lowest BCUT2D eigenvalue weighted by atomic mass is 9.88. The summed E-state index contributed by atoms with van der Waals surface area (Å²) in [6.07, 6.45) is 1.41. The minimum Gasteiger partial charge on any atom is -0.343 e. The molecule has 7 heteroatoms. The van der Waals surface area contributed by atoms with E-state index in [1.165, 1.54) is 11.3 Å². The fourth-order valence-corrected chi connectivity index (χ4v) is 3.46. The van der Waals surface area contributed by atoms with Crippen LogP contribution in [0.3, 0.4) is 0 Å². The normalized spacial score (nSPS) is 18.2. The number of hydrogen-bond acceptors (Lipinski definition) is 5. The fraction of sp³-hybridized carbons (Fsp3) is 0.647. The molecule has 0 saturated heterocycles. The molecule has 1 N–H and O–H groups in total. The Bertz CT molecular complexity index is 654. The van der Waals surface area contributed by atoms with Gasteiger partial charge in [0.25, 0.3) is 0 Å². The predicted octanol–water partition coefficient (Wildman–Crippen LogP) is 2.74. The maximum Gasteiger partial charge on any atom is 0.228 e. The van der Waals surface area contributed by atoms with Crippen LogP contribution in [0.1, 0.15) is 55.9 Å². The highest BCUT2D eigenvalue weighted by atomic mass is 32.1. The first kappa shape index (κ1) is 18.6. The molecule has 0 saturated carbocycles. The maximum atomic E-state index is 12.5. The number of Topliss-reactive ketones (excluding diaryl/α,β-unsaturated/α-hetero) is 1. The second-order valence-corrected chi connectivity index (χ2v) is 7.66. The molecule has 6 nitrogen and oxygen atoms in total. The monoisotopic (exact) mass is 351 g/mol. The molecule has 132 valence electrons. The number of fused-ring (bicyclic) bond motifs is 1. The van der Waals surface area contributed by atoms with Gasteiger partial charge in [0.2, 0.25) is 11.8 Å². The summed E-state index contributed by atoms with van der Waals surface area (Å²) in [5, 5.41) is 3.22. The molecule has 0 spiro atoms. The number of thiazole rings is 1. The molecule has 0 aromatic carbocycles. The number of nitrogens with zero attached hydrogens (tertiary/aromatic N) is 2. The Morgan fingerprint density at radius 2 is 2.00 bits per heavy atom. The van der Waals surface area contributed by atoms with E-state index in [1.54, 1.807) is 11.9 Å². The molecule has 2 rings (SSSR count). The van der Waals surface area contributed by atoms with Gasteiger partial charge in [0.05, 0.1) is 16.5 Å². The Morgan fingerprint density at radius 3 is 2.58 bits per heavy atom. The second kappa shape index (κ2) is 7.42. The molecule has 0 fully saturated rings. The number of ketones is 1. The van der Waals surface area contributed by atoms with Crippen LogP contribution in [0.2, 0.25) is 0 Å². The lowest BCUT2D eigenvalue weighted by Gasteiger charge is -2.28. The Hall–Kier alpha value is -1.76. The third-order valence-corrected chi connectivity index (χ3v) is 5.64. The van der Waals surface area contributed by atoms with Crippen LogP contribution >= 0.6 is 11.3 Å². The third kappa shape index (κ3) is 3.83. The second-order valence-electron chi connectivity index (χ2n) is 6.66. The quantitative estimate of drug-likeness (QED) is 0.884. The van der Waals surface area contributed by atoms with Crippen molar-refractivity contribution in [3.63, 3.8) is 0 Å². The van der Waals surface area contributed by atoms with Crippen LogP contribution in [0.25, 0.3) is 0 Å². The van der Waals surface area contributed by atoms with Gasteiger partial charge in [-0.2, -0.15) is 0 Å². The summed E-state index contributed by atoms with van der Waals surface area (Å²) in [6.45, 7) is 7.69. The summed E-state index contributed by atoms with van der Waals surface area (Å²) in [5.41, 5.74) is 0.631. The average Bonchev–Trinajstić information content (AvgIpc) is 2.95. The number of aromatic nitrogens is 1. The van der Waals surface area contributed by atoms with Gasteiger partial charge in [0.1, 0.15) is 0 Å². The van der Waals surface area contributed by atoms with Gasteiger partial charge < -0.3 is 10.2 Å². The van der Waals surface area contributed by atoms with E-state index in [1.807, 2.05) is 27.7 Å². The van der Waals surface area contributed by atoms with E-state index in [0.717, 1.165) is 6.42 Å². The summed E-state index contributed by atoms with van der Waals surface area (Å²) < 4.78 is 0. The van der Waals surface area contributed by atoms with Gasteiger partial charge >= 0.3 is 0 Å². The van der Waals surface area contributed by atoms with Crippen LogP contribution in [0.4, 0.5) is 5.13 Å². The van der Waals surface area contributed by atoms with E-state index in [-0.39, 0.29) is 41.9 Å². The summed E-state index contributed by atoms with van der Waals surface area (Å²) in [5.74, 6) is -0.646. The lowest BCUT2D eigenvalue weighted by Crippen LogP contribution is -2.40. The van der Waals surface area contributed by atoms with Crippen LogP contribution in [-0.2, 0) is 16.0 Å². The summed E-state index contributed by atoms with van der Waals surface area (Å²) in [6, 6.07) is 0.0924.